The number of rotatable bonds is 10. The number of carbonyl (C=O) groups excluding carboxylic acids is 2. The maximum absolute atomic E-state index is 13.0. The highest BCUT2D eigenvalue weighted by Crippen LogP contribution is 2.27. The molecule has 1 saturated heterocycles. The van der Waals surface area contributed by atoms with E-state index in [0.29, 0.717) is 42.4 Å². The molecule has 0 bridgehead atoms. The van der Waals surface area contributed by atoms with Crippen LogP contribution in [0.25, 0.3) is 0 Å². The zero-order valence-electron chi connectivity index (χ0n) is 19.5. The molecule has 3 amide bonds. The zero-order chi connectivity index (χ0) is 23.5. The van der Waals surface area contributed by atoms with Crippen LogP contribution >= 0.6 is 0 Å². The fourth-order valence-electron chi connectivity index (χ4n) is 3.79. The first-order valence-corrected chi connectivity index (χ1v) is 11.6. The van der Waals surface area contributed by atoms with E-state index in [1.165, 1.54) is 6.42 Å². The van der Waals surface area contributed by atoms with Crippen LogP contribution in [-0.2, 0) is 4.74 Å². The van der Waals surface area contributed by atoms with Gasteiger partial charge in [0, 0.05) is 49.9 Å². The van der Waals surface area contributed by atoms with Gasteiger partial charge in [0.1, 0.15) is 5.75 Å². The second-order valence-corrected chi connectivity index (χ2v) is 7.89. The van der Waals surface area contributed by atoms with Crippen LogP contribution in [0.3, 0.4) is 0 Å². The van der Waals surface area contributed by atoms with Crippen molar-refractivity contribution in [3.63, 3.8) is 0 Å². The number of urea groups is 1. The molecule has 33 heavy (non-hydrogen) atoms. The Kier molecular flexibility index (Phi) is 9.38. The van der Waals surface area contributed by atoms with Gasteiger partial charge in [-0.2, -0.15) is 0 Å². The molecule has 3 rings (SSSR count). The lowest BCUT2D eigenvalue weighted by Gasteiger charge is -2.30. The zero-order valence-corrected chi connectivity index (χ0v) is 19.5. The number of hydrogen-bond acceptors (Lipinski definition) is 5. The van der Waals surface area contributed by atoms with Gasteiger partial charge in [-0.15, -0.1) is 0 Å². The van der Waals surface area contributed by atoms with Crippen molar-refractivity contribution in [2.24, 2.45) is 0 Å². The van der Waals surface area contributed by atoms with E-state index >= 15 is 0 Å². The van der Waals surface area contributed by atoms with Crippen LogP contribution in [0.1, 0.15) is 43.0 Å². The third-order valence-electron chi connectivity index (χ3n) is 5.50. The number of amides is 3. The molecule has 0 spiro atoms. The van der Waals surface area contributed by atoms with Crippen LogP contribution in [0.2, 0.25) is 0 Å². The van der Waals surface area contributed by atoms with Crippen molar-refractivity contribution < 1.29 is 19.1 Å². The van der Waals surface area contributed by atoms with Crippen LogP contribution in [0.15, 0.2) is 42.5 Å². The number of hydrogen-bond donors (Lipinski definition) is 3. The third-order valence-corrected chi connectivity index (χ3v) is 5.50. The first-order valence-electron chi connectivity index (χ1n) is 11.6. The Labute approximate surface area is 195 Å². The molecule has 0 radical (unpaired) electrons. The van der Waals surface area contributed by atoms with Gasteiger partial charge in [-0.3, -0.25) is 4.79 Å². The molecule has 0 unspecified atom stereocenters. The molecule has 0 aromatic heterocycles. The van der Waals surface area contributed by atoms with Crippen LogP contribution in [-0.4, -0.2) is 51.9 Å². The molecule has 8 nitrogen and oxygen atoms in total. The van der Waals surface area contributed by atoms with E-state index in [1.807, 2.05) is 19.1 Å². The second-order valence-electron chi connectivity index (χ2n) is 7.89. The molecule has 178 valence electrons. The number of piperidine rings is 1. The average molecular weight is 455 g/mol. The highest BCUT2D eigenvalue weighted by atomic mass is 16.5. The fourth-order valence-corrected chi connectivity index (χ4v) is 3.79. The van der Waals surface area contributed by atoms with Gasteiger partial charge >= 0.3 is 6.03 Å². The molecule has 2 aromatic carbocycles. The van der Waals surface area contributed by atoms with Gasteiger partial charge in [-0.25, -0.2) is 4.79 Å². The molecule has 1 fully saturated rings. The van der Waals surface area contributed by atoms with E-state index in [-0.39, 0.29) is 11.9 Å². The van der Waals surface area contributed by atoms with Crippen LogP contribution in [0.4, 0.5) is 21.9 Å². The van der Waals surface area contributed by atoms with E-state index in [1.54, 1.807) is 37.4 Å². The minimum Gasteiger partial charge on any atom is -0.497 e. The summed E-state index contributed by atoms with van der Waals surface area (Å²) in [6.45, 7) is 5.62. The van der Waals surface area contributed by atoms with Crippen molar-refractivity contribution >= 4 is 29.0 Å². The van der Waals surface area contributed by atoms with Gasteiger partial charge < -0.3 is 30.3 Å². The van der Waals surface area contributed by atoms with E-state index in [9.17, 15) is 9.59 Å². The summed E-state index contributed by atoms with van der Waals surface area (Å²) in [6.07, 6.45) is 4.18. The molecule has 0 aliphatic carbocycles. The lowest BCUT2D eigenvalue weighted by atomic mass is 10.1. The Bertz CT molecular complexity index is 911. The van der Waals surface area contributed by atoms with E-state index in [2.05, 4.69) is 20.9 Å². The minimum atomic E-state index is -0.381. The first kappa shape index (κ1) is 24.4. The second kappa shape index (κ2) is 12.7. The monoisotopic (exact) mass is 454 g/mol. The summed E-state index contributed by atoms with van der Waals surface area (Å²) in [5.41, 5.74) is 2.67. The molecule has 1 heterocycles. The van der Waals surface area contributed by atoms with Crippen molar-refractivity contribution in [1.82, 2.24) is 5.32 Å². The van der Waals surface area contributed by atoms with E-state index < -0.39 is 0 Å². The molecule has 1 aliphatic heterocycles. The molecule has 2 aromatic rings. The quantitative estimate of drug-likeness (QED) is 0.460. The van der Waals surface area contributed by atoms with Gasteiger partial charge in [0.05, 0.1) is 12.7 Å². The number of methoxy groups -OCH3 is 1. The molecule has 3 N–H and O–H groups in total. The largest absolute Gasteiger partial charge is 0.497 e. The third kappa shape index (κ3) is 7.39. The molecule has 0 atom stereocenters. The Morgan fingerprint density at radius 1 is 0.970 bits per heavy atom. The smallest absolute Gasteiger partial charge is 0.323 e. The highest BCUT2D eigenvalue weighted by molar-refractivity contribution is 6.04. The lowest BCUT2D eigenvalue weighted by Crippen LogP contribution is -2.33. The number of nitrogens with one attached hydrogen (secondary N) is 3. The summed E-state index contributed by atoms with van der Waals surface area (Å²) in [4.78, 5) is 27.8. The average Bonchev–Trinajstić information content (AvgIpc) is 2.84. The standard InChI is InChI=1S/C25H34N4O4/c1-3-33-17-7-14-26-24(30)22-18-20(10-13-23(22)29-15-5-4-6-16-29)28-25(31)27-19-8-11-21(32-2)12-9-19/h8-13,18H,3-7,14-17H2,1-2H3,(H,26,30)(H2,27,28,31). The normalized spacial score (nSPS) is 13.3. The summed E-state index contributed by atoms with van der Waals surface area (Å²) in [7, 11) is 1.59. The minimum absolute atomic E-state index is 0.147. The Balaban J connectivity index is 1.69. The molecule has 8 heteroatoms. The van der Waals surface area contributed by atoms with Gasteiger partial charge in [-0.1, -0.05) is 0 Å². The van der Waals surface area contributed by atoms with Gasteiger partial charge in [0.2, 0.25) is 0 Å². The Morgan fingerprint density at radius 2 is 1.67 bits per heavy atom. The Morgan fingerprint density at radius 3 is 2.36 bits per heavy atom. The van der Waals surface area contributed by atoms with E-state index in [0.717, 1.165) is 38.0 Å². The van der Waals surface area contributed by atoms with Gasteiger partial charge in [0.25, 0.3) is 5.91 Å². The molecule has 0 saturated carbocycles. The van der Waals surface area contributed by atoms with Gasteiger partial charge in [0.15, 0.2) is 0 Å². The summed E-state index contributed by atoms with van der Waals surface area (Å²) < 4.78 is 10.5. The van der Waals surface area contributed by atoms with E-state index in [4.69, 9.17) is 9.47 Å². The molecule has 1 aliphatic rings. The number of ether oxygens (including phenoxy) is 2. The van der Waals surface area contributed by atoms with Crippen molar-refractivity contribution in [2.45, 2.75) is 32.6 Å². The number of carbonyl (C=O) groups is 2. The Hall–Kier alpha value is -3.26. The van der Waals surface area contributed by atoms with Crippen molar-refractivity contribution in [3.05, 3.63) is 48.0 Å². The number of benzene rings is 2. The lowest BCUT2D eigenvalue weighted by molar-refractivity contribution is 0.0944. The van der Waals surface area contributed by atoms with Crippen LogP contribution < -0.4 is 25.6 Å². The summed E-state index contributed by atoms with van der Waals surface area (Å²) in [5.74, 6) is 0.567. The molecular formula is C25H34N4O4. The predicted molar refractivity (Wildman–Crippen MR) is 132 cm³/mol. The topological polar surface area (TPSA) is 91.9 Å². The number of nitrogens with zero attached hydrogens (tertiary/aromatic N) is 1. The maximum Gasteiger partial charge on any atom is 0.323 e. The summed E-state index contributed by atoms with van der Waals surface area (Å²) in [6, 6.07) is 12.2. The maximum atomic E-state index is 13.0. The SMILES string of the molecule is CCOCCCNC(=O)c1cc(NC(=O)Nc2ccc(OC)cc2)ccc1N1CCCCC1. The van der Waals surface area contributed by atoms with Crippen LogP contribution in [0, 0.1) is 0 Å². The van der Waals surface area contributed by atoms with Crippen molar-refractivity contribution in [1.29, 1.82) is 0 Å². The number of anilines is 3. The summed E-state index contributed by atoms with van der Waals surface area (Å²) >= 11 is 0. The van der Waals surface area contributed by atoms with Crippen molar-refractivity contribution in [3.8, 4) is 5.75 Å². The predicted octanol–water partition coefficient (Wildman–Crippen LogP) is 4.49. The van der Waals surface area contributed by atoms with Crippen molar-refractivity contribution in [2.75, 3.05) is 55.5 Å². The summed E-state index contributed by atoms with van der Waals surface area (Å²) in [5, 5.41) is 8.60. The highest BCUT2D eigenvalue weighted by Gasteiger charge is 2.19. The van der Waals surface area contributed by atoms with Crippen LogP contribution in [0.5, 0.6) is 5.75 Å². The fraction of sp³-hybridized carbons (Fsp3) is 0.440. The first-order chi connectivity index (χ1) is 16.1. The van der Waals surface area contributed by atoms with Gasteiger partial charge in [-0.05, 0) is 75.1 Å². The molecular weight excluding hydrogens is 420 g/mol.